The van der Waals surface area contributed by atoms with Gasteiger partial charge in [-0.3, -0.25) is 4.79 Å². The van der Waals surface area contributed by atoms with Gasteiger partial charge in [-0.15, -0.1) is 0 Å². The minimum atomic E-state index is 0.0199. The number of rotatable bonds is 6. The van der Waals surface area contributed by atoms with Crippen LogP contribution in [0.1, 0.15) is 12.0 Å². The highest BCUT2D eigenvalue weighted by Crippen LogP contribution is 2.22. The van der Waals surface area contributed by atoms with Crippen LogP contribution in [-0.2, 0) is 11.3 Å². The van der Waals surface area contributed by atoms with Crippen LogP contribution in [0, 0.1) is 0 Å². The second-order valence-electron chi connectivity index (χ2n) is 4.70. The van der Waals surface area contributed by atoms with E-state index in [0.717, 1.165) is 17.0 Å². The molecule has 0 spiro atoms. The Labute approximate surface area is 125 Å². The first-order valence-corrected chi connectivity index (χ1v) is 6.93. The van der Waals surface area contributed by atoms with Gasteiger partial charge in [0.15, 0.2) is 0 Å². The number of nitrogens with two attached hydrogens (primary N) is 1. The first kappa shape index (κ1) is 15.1. The zero-order valence-electron chi connectivity index (χ0n) is 12.2. The summed E-state index contributed by atoms with van der Waals surface area (Å²) < 4.78 is 5.15. The van der Waals surface area contributed by atoms with Crippen molar-refractivity contribution >= 4 is 11.6 Å². The summed E-state index contributed by atoms with van der Waals surface area (Å²) in [7, 11) is 1.62. The van der Waals surface area contributed by atoms with Gasteiger partial charge in [-0.1, -0.05) is 30.3 Å². The van der Waals surface area contributed by atoms with Crippen molar-refractivity contribution in [3.8, 4) is 5.75 Å². The lowest BCUT2D eigenvalue weighted by Gasteiger charge is -2.23. The van der Waals surface area contributed by atoms with E-state index in [2.05, 4.69) is 0 Å². The number of nitrogens with zero attached hydrogens (tertiary/aromatic N) is 1. The molecule has 21 heavy (non-hydrogen) atoms. The first-order valence-electron chi connectivity index (χ1n) is 6.93. The molecular formula is C17H20N2O2. The van der Waals surface area contributed by atoms with E-state index in [9.17, 15) is 4.79 Å². The van der Waals surface area contributed by atoms with Crippen LogP contribution < -0.4 is 15.4 Å². The fourth-order valence-electron chi connectivity index (χ4n) is 2.11. The van der Waals surface area contributed by atoms with Crippen LogP contribution in [0.15, 0.2) is 54.6 Å². The lowest BCUT2D eigenvalue weighted by Crippen LogP contribution is -2.31. The molecule has 0 heterocycles. The van der Waals surface area contributed by atoms with Crippen molar-refractivity contribution in [2.45, 2.75) is 13.0 Å². The van der Waals surface area contributed by atoms with Crippen LogP contribution in [0.25, 0.3) is 0 Å². The van der Waals surface area contributed by atoms with Gasteiger partial charge in [-0.2, -0.15) is 0 Å². The highest BCUT2D eigenvalue weighted by atomic mass is 16.5. The maximum absolute atomic E-state index is 12.3. The predicted molar refractivity (Wildman–Crippen MR) is 84.3 cm³/mol. The Morgan fingerprint density at radius 1 is 1.10 bits per heavy atom. The molecule has 0 radical (unpaired) electrons. The molecule has 0 atom stereocenters. The molecule has 0 bridgehead atoms. The molecule has 0 aliphatic rings. The van der Waals surface area contributed by atoms with Crippen LogP contribution in [0.3, 0.4) is 0 Å². The lowest BCUT2D eigenvalue weighted by atomic mass is 10.1. The van der Waals surface area contributed by atoms with E-state index in [4.69, 9.17) is 10.5 Å². The Balaban J connectivity index is 2.24. The van der Waals surface area contributed by atoms with Gasteiger partial charge in [0.2, 0.25) is 5.91 Å². The number of hydrogen-bond acceptors (Lipinski definition) is 3. The molecular weight excluding hydrogens is 264 g/mol. The molecule has 110 valence electrons. The summed E-state index contributed by atoms with van der Waals surface area (Å²) in [6, 6.07) is 17.4. The average molecular weight is 284 g/mol. The van der Waals surface area contributed by atoms with Crippen LogP contribution >= 0.6 is 0 Å². The molecule has 1 amide bonds. The van der Waals surface area contributed by atoms with Crippen molar-refractivity contribution in [3.63, 3.8) is 0 Å². The molecule has 0 unspecified atom stereocenters. The molecule has 2 aromatic carbocycles. The molecule has 0 aliphatic carbocycles. The van der Waals surface area contributed by atoms with Gasteiger partial charge in [0.05, 0.1) is 13.7 Å². The summed E-state index contributed by atoms with van der Waals surface area (Å²) >= 11 is 0. The summed E-state index contributed by atoms with van der Waals surface area (Å²) in [5.41, 5.74) is 7.44. The van der Waals surface area contributed by atoms with E-state index in [1.54, 1.807) is 12.0 Å². The summed E-state index contributed by atoms with van der Waals surface area (Å²) in [6.07, 6.45) is 0.332. The van der Waals surface area contributed by atoms with E-state index in [1.807, 2.05) is 54.6 Å². The van der Waals surface area contributed by atoms with Crippen molar-refractivity contribution in [2.24, 2.45) is 5.73 Å². The molecule has 0 aromatic heterocycles. The number of hydrogen-bond donors (Lipinski definition) is 1. The number of benzene rings is 2. The van der Waals surface area contributed by atoms with Crippen LogP contribution in [-0.4, -0.2) is 19.6 Å². The Morgan fingerprint density at radius 2 is 1.76 bits per heavy atom. The van der Waals surface area contributed by atoms with Gasteiger partial charge in [0, 0.05) is 18.7 Å². The number of carbonyl (C=O) groups excluding carboxylic acids is 1. The van der Waals surface area contributed by atoms with Crippen LogP contribution in [0.5, 0.6) is 5.75 Å². The standard InChI is InChI=1S/C17H20N2O2/c1-21-16-9-7-15(8-10-16)19(17(20)11-12-18)13-14-5-3-2-4-6-14/h2-10H,11-13,18H2,1H3. The van der Waals surface area contributed by atoms with Crippen molar-refractivity contribution in [1.82, 2.24) is 0 Å². The maximum atomic E-state index is 12.3. The van der Waals surface area contributed by atoms with Gasteiger partial charge in [0.1, 0.15) is 5.75 Å². The third kappa shape index (κ3) is 4.07. The van der Waals surface area contributed by atoms with E-state index in [-0.39, 0.29) is 5.91 Å². The van der Waals surface area contributed by atoms with Crippen molar-refractivity contribution in [2.75, 3.05) is 18.6 Å². The molecule has 0 fully saturated rings. The summed E-state index contributed by atoms with van der Waals surface area (Å²) in [5, 5.41) is 0. The second-order valence-corrected chi connectivity index (χ2v) is 4.70. The molecule has 4 heteroatoms. The fraction of sp³-hybridized carbons (Fsp3) is 0.235. The second kappa shape index (κ2) is 7.45. The number of ether oxygens (including phenoxy) is 1. The molecule has 0 aliphatic heterocycles. The Bertz CT molecular complexity index is 567. The van der Waals surface area contributed by atoms with Crippen molar-refractivity contribution < 1.29 is 9.53 Å². The Morgan fingerprint density at radius 3 is 2.33 bits per heavy atom. The zero-order chi connectivity index (χ0) is 15.1. The molecule has 0 saturated heterocycles. The smallest absolute Gasteiger partial charge is 0.228 e. The minimum Gasteiger partial charge on any atom is -0.497 e. The molecule has 0 saturated carbocycles. The minimum absolute atomic E-state index is 0.0199. The normalized spacial score (nSPS) is 10.2. The van der Waals surface area contributed by atoms with Crippen molar-refractivity contribution in [3.05, 3.63) is 60.2 Å². The topological polar surface area (TPSA) is 55.6 Å². The summed E-state index contributed by atoms with van der Waals surface area (Å²) in [4.78, 5) is 14.1. The fourth-order valence-corrected chi connectivity index (χ4v) is 2.11. The van der Waals surface area contributed by atoms with Gasteiger partial charge in [-0.25, -0.2) is 0 Å². The average Bonchev–Trinajstić information content (AvgIpc) is 2.54. The highest BCUT2D eigenvalue weighted by Gasteiger charge is 2.15. The Hall–Kier alpha value is -2.33. The van der Waals surface area contributed by atoms with E-state index in [1.165, 1.54) is 0 Å². The number of methoxy groups -OCH3 is 1. The first-order chi connectivity index (χ1) is 10.2. The number of amides is 1. The van der Waals surface area contributed by atoms with Gasteiger partial charge in [-0.05, 0) is 29.8 Å². The van der Waals surface area contributed by atoms with E-state index in [0.29, 0.717) is 19.5 Å². The quantitative estimate of drug-likeness (QED) is 0.887. The monoisotopic (exact) mass is 284 g/mol. The van der Waals surface area contributed by atoms with Crippen molar-refractivity contribution in [1.29, 1.82) is 0 Å². The Kier molecular flexibility index (Phi) is 5.35. The number of carbonyl (C=O) groups is 1. The molecule has 4 nitrogen and oxygen atoms in total. The third-order valence-corrected chi connectivity index (χ3v) is 3.23. The predicted octanol–water partition coefficient (Wildman–Crippen LogP) is 2.58. The molecule has 2 N–H and O–H groups in total. The van der Waals surface area contributed by atoms with E-state index < -0.39 is 0 Å². The highest BCUT2D eigenvalue weighted by molar-refractivity contribution is 5.93. The largest absolute Gasteiger partial charge is 0.497 e. The van der Waals surface area contributed by atoms with Gasteiger partial charge in [0.25, 0.3) is 0 Å². The summed E-state index contributed by atoms with van der Waals surface area (Å²) in [6.45, 7) is 0.881. The van der Waals surface area contributed by atoms with Gasteiger partial charge >= 0.3 is 0 Å². The zero-order valence-corrected chi connectivity index (χ0v) is 12.2. The molecule has 2 rings (SSSR count). The lowest BCUT2D eigenvalue weighted by molar-refractivity contribution is -0.118. The van der Waals surface area contributed by atoms with E-state index >= 15 is 0 Å². The molecule has 2 aromatic rings. The third-order valence-electron chi connectivity index (χ3n) is 3.23. The van der Waals surface area contributed by atoms with Crippen LogP contribution in [0.4, 0.5) is 5.69 Å². The van der Waals surface area contributed by atoms with Gasteiger partial charge < -0.3 is 15.4 Å². The SMILES string of the molecule is COc1ccc(N(Cc2ccccc2)C(=O)CCN)cc1. The number of anilines is 1. The summed E-state index contributed by atoms with van der Waals surface area (Å²) in [5.74, 6) is 0.788. The maximum Gasteiger partial charge on any atom is 0.228 e. The van der Waals surface area contributed by atoms with Crippen LogP contribution in [0.2, 0.25) is 0 Å².